The summed E-state index contributed by atoms with van der Waals surface area (Å²) in [5.41, 5.74) is 6.44. The minimum Gasteiger partial charge on any atom is -0.268 e. The molecule has 0 spiro atoms. The van der Waals surface area contributed by atoms with E-state index in [-0.39, 0.29) is 5.91 Å². The van der Waals surface area contributed by atoms with Crippen molar-refractivity contribution >= 4 is 17.4 Å². The molecule has 0 saturated heterocycles. The van der Waals surface area contributed by atoms with Gasteiger partial charge in [-0.2, -0.15) is 0 Å². The molecule has 0 aliphatic carbocycles. The first-order chi connectivity index (χ1) is 13.4. The third-order valence-electron chi connectivity index (χ3n) is 4.92. The number of aromatic nitrogens is 1. The van der Waals surface area contributed by atoms with Crippen molar-refractivity contribution in [1.82, 2.24) is 4.98 Å². The maximum atomic E-state index is 13.6. The van der Waals surface area contributed by atoms with E-state index in [0.29, 0.717) is 17.1 Å². The highest BCUT2D eigenvalue weighted by atomic mass is 16.2. The van der Waals surface area contributed by atoms with Gasteiger partial charge in [-0.25, -0.2) is 4.98 Å². The monoisotopic (exact) mass is 370 g/mol. The molecule has 3 rings (SSSR count). The number of aryl methyl sites for hydroxylation is 4. The minimum atomic E-state index is -0.123. The van der Waals surface area contributed by atoms with E-state index in [9.17, 15) is 4.79 Å². The SMILES string of the molecule is C=C(c1ccc(CC)cc1)N(C(=O)c1cc(C)ccc1C)c1ccc(C)cn1. The molecule has 0 aliphatic heterocycles. The third-order valence-corrected chi connectivity index (χ3v) is 4.92. The summed E-state index contributed by atoms with van der Waals surface area (Å²) in [6.45, 7) is 12.3. The molecule has 0 bridgehead atoms. The van der Waals surface area contributed by atoms with Crippen LogP contribution in [0.25, 0.3) is 5.70 Å². The van der Waals surface area contributed by atoms with Gasteiger partial charge in [0.25, 0.3) is 5.91 Å². The molecular formula is C25H26N2O. The third kappa shape index (κ3) is 4.04. The Hall–Kier alpha value is -3.20. The van der Waals surface area contributed by atoms with Gasteiger partial charge in [-0.05, 0) is 61.6 Å². The lowest BCUT2D eigenvalue weighted by molar-refractivity contribution is 0.0999. The fraction of sp³-hybridized carbons (Fsp3) is 0.200. The topological polar surface area (TPSA) is 33.2 Å². The lowest BCUT2D eigenvalue weighted by Crippen LogP contribution is -2.30. The van der Waals surface area contributed by atoms with Gasteiger partial charge in [0.1, 0.15) is 5.82 Å². The smallest absolute Gasteiger partial charge is 0.264 e. The minimum absolute atomic E-state index is 0.123. The number of carbonyl (C=O) groups is 1. The van der Waals surface area contributed by atoms with E-state index in [1.165, 1.54) is 5.56 Å². The molecule has 1 heterocycles. The molecule has 0 atom stereocenters. The van der Waals surface area contributed by atoms with Crippen molar-refractivity contribution in [3.05, 3.63) is 101 Å². The van der Waals surface area contributed by atoms with Gasteiger partial charge < -0.3 is 0 Å². The lowest BCUT2D eigenvalue weighted by atomic mass is 10.0. The molecule has 1 aromatic heterocycles. The zero-order chi connectivity index (χ0) is 20.3. The predicted octanol–water partition coefficient (Wildman–Crippen LogP) is 5.89. The predicted molar refractivity (Wildman–Crippen MR) is 117 cm³/mol. The largest absolute Gasteiger partial charge is 0.268 e. The van der Waals surface area contributed by atoms with E-state index >= 15 is 0 Å². The molecule has 1 amide bonds. The molecule has 2 aromatic carbocycles. The van der Waals surface area contributed by atoms with E-state index in [0.717, 1.165) is 28.7 Å². The van der Waals surface area contributed by atoms with Crippen LogP contribution in [0.5, 0.6) is 0 Å². The normalized spacial score (nSPS) is 10.6. The van der Waals surface area contributed by atoms with Gasteiger partial charge >= 0.3 is 0 Å². The molecule has 142 valence electrons. The lowest BCUT2D eigenvalue weighted by Gasteiger charge is -2.25. The molecule has 0 unspecified atom stereocenters. The molecule has 28 heavy (non-hydrogen) atoms. The second kappa shape index (κ2) is 8.22. The van der Waals surface area contributed by atoms with Crippen LogP contribution in [0, 0.1) is 20.8 Å². The molecule has 3 aromatic rings. The number of hydrogen-bond acceptors (Lipinski definition) is 2. The highest BCUT2D eigenvalue weighted by Crippen LogP contribution is 2.27. The maximum absolute atomic E-state index is 13.6. The number of hydrogen-bond donors (Lipinski definition) is 0. The van der Waals surface area contributed by atoms with Gasteiger partial charge in [0, 0.05) is 11.8 Å². The zero-order valence-electron chi connectivity index (χ0n) is 17.0. The van der Waals surface area contributed by atoms with Gasteiger partial charge in [-0.15, -0.1) is 0 Å². The van der Waals surface area contributed by atoms with Crippen molar-refractivity contribution in [2.75, 3.05) is 4.90 Å². The Morgan fingerprint density at radius 1 is 0.964 bits per heavy atom. The van der Waals surface area contributed by atoms with Crippen LogP contribution in [-0.4, -0.2) is 10.9 Å². The Balaban J connectivity index is 2.08. The fourth-order valence-electron chi connectivity index (χ4n) is 3.11. The average molecular weight is 370 g/mol. The average Bonchev–Trinajstić information content (AvgIpc) is 2.71. The van der Waals surface area contributed by atoms with Crippen LogP contribution in [0.2, 0.25) is 0 Å². The van der Waals surface area contributed by atoms with Crippen molar-refractivity contribution in [2.45, 2.75) is 34.1 Å². The highest BCUT2D eigenvalue weighted by Gasteiger charge is 2.24. The Morgan fingerprint density at radius 3 is 2.25 bits per heavy atom. The summed E-state index contributed by atoms with van der Waals surface area (Å²) in [6, 6.07) is 17.9. The summed E-state index contributed by atoms with van der Waals surface area (Å²) in [4.78, 5) is 19.7. The quantitative estimate of drug-likeness (QED) is 0.561. The van der Waals surface area contributed by atoms with Crippen LogP contribution in [0.1, 0.15) is 45.1 Å². The summed E-state index contributed by atoms with van der Waals surface area (Å²) in [5.74, 6) is 0.447. The molecule has 0 aliphatic rings. The Morgan fingerprint density at radius 2 is 1.64 bits per heavy atom. The van der Waals surface area contributed by atoms with Crippen molar-refractivity contribution in [3.8, 4) is 0 Å². The van der Waals surface area contributed by atoms with Crippen LogP contribution >= 0.6 is 0 Å². The second-order valence-corrected chi connectivity index (χ2v) is 7.15. The Bertz CT molecular complexity index is 1000. The Labute approximate surface area is 167 Å². The highest BCUT2D eigenvalue weighted by molar-refractivity contribution is 6.14. The molecular weight excluding hydrogens is 344 g/mol. The molecule has 0 N–H and O–H groups in total. The number of pyridine rings is 1. The van der Waals surface area contributed by atoms with Gasteiger partial charge in [0.2, 0.25) is 0 Å². The summed E-state index contributed by atoms with van der Waals surface area (Å²) >= 11 is 0. The van der Waals surface area contributed by atoms with E-state index in [4.69, 9.17) is 0 Å². The number of nitrogens with zero attached hydrogens (tertiary/aromatic N) is 2. The first-order valence-corrected chi connectivity index (χ1v) is 9.53. The first-order valence-electron chi connectivity index (χ1n) is 9.53. The number of rotatable bonds is 5. The van der Waals surface area contributed by atoms with Crippen LogP contribution < -0.4 is 4.90 Å². The van der Waals surface area contributed by atoms with Gasteiger partial charge in [-0.1, -0.05) is 61.5 Å². The Kier molecular flexibility index (Phi) is 5.74. The van der Waals surface area contributed by atoms with Gasteiger partial charge in [0.15, 0.2) is 0 Å². The molecule has 3 nitrogen and oxygen atoms in total. The molecule has 0 fully saturated rings. The van der Waals surface area contributed by atoms with E-state index in [2.05, 4.69) is 30.6 Å². The van der Waals surface area contributed by atoms with E-state index in [1.807, 2.05) is 63.2 Å². The molecule has 0 radical (unpaired) electrons. The standard InChI is InChI=1S/C25H26N2O/c1-6-21-10-12-22(13-11-21)20(5)27(24-14-8-18(3)16-26-24)25(28)23-15-17(2)7-9-19(23)4/h7-16H,5-6H2,1-4H3. The van der Waals surface area contributed by atoms with Crippen LogP contribution in [0.15, 0.2) is 67.4 Å². The number of anilines is 1. The first kappa shape index (κ1) is 19.6. The maximum Gasteiger partial charge on any atom is 0.264 e. The van der Waals surface area contributed by atoms with Gasteiger partial charge in [0.05, 0.1) is 5.70 Å². The van der Waals surface area contributed by atoms with E-state index < -0.39 is 0 Å². The number of amides is 1. The zero-order valence-corrected chi connectivity index (χ0v) is 17.0. The molecule has 0 saturated carbocycles. The van der Waals surface area contributed by atoms with Crippen molar-refractivity contribution in [1.29, 1.82) is 0 Å². The van der Waals surface area contributed by atoms with Crippen LogP contribution in [0.4, 0.5) is 5.82 Å². The summed E-state index contributed by atoms with van der Waals surface area (Å²) in [6.07, 6.45) is 2.74. The van der Waals surface area contributed by atoms with Crippen molar-refractivity contribution < 1.29 is 4.79 Å². The van der Waals surface area contributed by atoms with Crippen molar-refractivity contribution in [3.63, 3.8) is 0 Å². The van der Waals surface area contributed by atoms with Crippen LogP contribution in [-0.2, 0) is 6.42 Å². The number of benzene rings is 2. The number of carbonyl (C=O) groups excluding carboxylic acids is 1. The summed E-state index contributed by atoms with van der Waals surface area (Å²) in [7, 11) is 0. The summed E-state index contributed by atoms with van der Waals surface area (Å²) < 4.78 is 0. The van der Waals surface area contributed by atoms with Crippen LogP contribution in [0.3, 0.4) is 0 Å². The van der Waals surface area contributed by atoms with Crippen molar-refractivity contribution in [2.24, 2.45) is 0 Å². The van der Waals surface area contributed by atoms with Gasteiger partial charge in [-0.3, -0.25) is 9.69 Å². The second-order valence-electron chi connectivity index (χ2n) is 7.15. The van der Waals surface area contributed by atoms with E-state index in [1.54, 1.807) is 11.1 Å². The fourth-order valence-corrected chi connectivity index (χ4v) is 3.11. The summed E-state index contributed by atoms with van der Waals surface area (Å²) in [5, 5.41) is 0. The molecule has 3 heteroatoms.